The lowest BCUT2D eigenvalue weighted by atomic mass is 10.1. The zero-order valence-corrected chi connectivity index (χ0v) is 10.9. The summed E-state index contributed by atoms with van der Waals surface area (Å²) in [5, 5.41) is 3.27. The maximum Gasteiger partial charge on any atom is 0.253 e. The summed E-state index contributed by atoms with van der Waals surface area (Å²) in [6.45, 7) is 1.95. The van der Waals surface area contributed by atoms with Crippen LogP contribution in [0, 0.1) is 0 Å². The maximum atomic E-state index is 11.8. The molecule has 0 saturated heterocycles. The van der Waals surface area contributed by atoms with Gasteiger partial charge in [-0.3, -0.25) is 4.79 Å². The summed E-state index contributed by atoms with van der Waals surface area (Å²) in [6, 6.07) is 5.16. The van der Waals surface area contributed by atoms with Crippen LogP contribution in [0.25, 0.3) is 0 Å². The van der Waals surface area contributed by atoms with Gasteiger partial charge in [0.1, 0.15) is 0 Å². The molecular weight excluding hydrogens is 244 g/mol. The fourth-order valence-corrected chi connectivity index (χ4v) is 2.09. The number of hydrogen-bond donors (Lipinski definition) is 2. The number of benzene rings is 1. The molecule has 0 aromatic heterocycles. The van der Waals surface area contributed by atoms with Crippen molar-refractivity contribution >= 4 is 35.0 Å². The van der Waals surface area contributed by atoms with Crippen LogP contribution >= 0.6 is 23.4 Å². The van der Waals surface area contributed by atoms with Gasteiger partial charge in [-0.1, -0.05) is 17.7 Å². The van der Waals surface area contributed by atoms with Crippen molar-refractivity contribution in [1.82, 2.24) is 5.32 Å². The predicted molar refractivity (Wildman–Crippen MR) is 71.2 cm³/mol. The van der Waals surface area contributed by atoms with Gasteiger partial charge >= 0.3 is 0 Å². The molecule has 3 nitrogen and oxygen atoms in total. The second-order valence-corrected chi connectivity index (χ2v) is 4.85. The molecule has 5 heteroatoms. The van der Waals surface area contributed by atoms with Gasteiger partial charge in [0, 0.05) is 11.8 Å². The van der Waals surface area contributed by atoms with E-state index in [4.69, 9.17) is 17.3 Å². The van der Waals surface area contributed by atoms with Crippen LogP contribution in [-0.4, -0.2) is 24.0 Å². The highest BCUT2D eigenvalue weighted by molar-refractivity contribution is 7.98. The topological polar surface area (TPSA) is 55.1 Å². The number of nitrogens with two attached hydrogens (primary N) is 1. The quantitative estimate of drug-likeness (QED) is 0.816. The van der Waals surface area contributed by atoms with E-state index in [1.54, 1.807) is 30.0 Å². The molecule has 1 amide bonds. The van der Waals surface area contributed by atoms with Gasteiger partial charge in [0.25, 0.3) is 5.91 Å². The summed E-state index contributed by atoms with van der Waals surface area (Å²) < 4.78 is 0. The zero-order valence-electron chi connectivity index (χ0n) is 9.29. The van der Waals surface area contributed by atoms with E-state index in [1.807, 2.05) is 13.2 Å². The second kappa shape index (κ2) is 6.01. The number of thioether (sulfide) groups is 1. The number of halogens is 1. The van der Waals surface area contributed by atoms with Gasteiger partial charge in [0.05, 0.1) is 16.3 Å². The number of carbonyl (C=O) groups excluding carboxylic acids is 1. The van der Waals surface area contributed by atoms with E-state index in [9.17, 15) is 4.79 Å². The van der Waals surface area contributed by atoms with Crippen LogP contribution in [-0.2, 0) is 0 Å². The molecule has 0 radical (unpaired) electrons. The summed E-state index contributed by atoms with van der Waals surface area (Å²) in [5.41, 5.74) is 6.50. The van der Waals surface area contributed by atoms with Crippen molar-refractivity contribution in [3.8, 4) is 0 Å². The van der Waals surface area contributed by atoms with E-state index in [0.717, 1.165) is 5.75 Å². The molecule has 1 atom stereocenters. The zero-order chi connectivity index (χ0) is 12.1. The molecule has 0 aliphatic carbocycles. The number of carbonyl (C=O) groups is 1. The summed E-state index contributed by atoms with van der Waals surface area (Å²) in [5.74, 6) is 0.688. The lowest BCUT2D eigenvalue weighted by Gasteiger charge is -2.13. The lowest BCUT2D eigenvalue weighted by Crippen LogP contribution is -2.34. The molecule has 0 aliphatic heterocycles. The molecule has 0 bridgehead atoms. The monoisotopic (exact) mass is 258 g/mol. The molecule has 1 rings (SSSR count). The number of nitrogen functional groups attached to an aromatic ring is 1. The van der Waals surface area contributed by atoms with Gasteiger partial charge in [-0.2, -0.15) is 11.8 Å². The fraction of sp³-hybridized carbons (Fsp3) is 0.364. The summed E-state index contributed by atoms with van der Waals surface area (Å²) >= 11 is 7.53. The first-order chi connectivity index (χ1) is 7.56. The van der Waals surface area contributed by atoms with E-state index in [2.05, 4.69) is 5.32 Å². The average Bonchev–Trinajstić information content (AvgIpc) is 2.22. The summed E-state index contributed by atoms with van der Waals surface area (Å²) in [4.78, 5) is 11.8. The molecule has 0 heterocycles. The summed E-state index contributed by atoms with van der Waals surface area (Å²) in [6.07, 6.45) is 2.00. The highest BCUT2D eigenvalue weighted by atomic mass is 35.5. The minimum Gasteiger partial charge on any atom is -0.397 e. The van der Waals surface area contributed by atoms with Crippen molar-refractivity contribution in [1.29, 1.82) is 0 Å². The number of rotatable bonds is 4. The van der Waals surface area contributed by atoms with Crippen molar-refractivity contribution in [2.45, 2.75) is 13.0 Å². The van der Waals surface area contributed by atoms with E-state index < -0.39 is 0 Å². The van der Waals surface area contributed by atoms with E-state index >= 15 is 0 Å². The largest absolute Gasteiger partial charge is 0.397 e. The van der Waals surface area contributed by atoms with Gasteiger partial charge in [-0.05, 0) is 25.3 Å². The minimum atomic E-state index is -0.179. The Labute approximate surface area is 105 Å². The van der Waals surface area contributed by atoms with E-state index in [1.165, 1.54) is 0 Å². The third kappa shape index (κ3) is 3.32. The number of amides is 1. The van der Waals surface area contributed by atoms with E-state index in [0.29, 0.717) is 16.3 Å². The fourth-order valence-electron chi connectivity index (χ4n) is 1.33. The number of para-hydroxylation sites is 1. The molecule has 0 fully saturated rings. The first-order valence-corrected chi connectivity index (χ1v) is 6.67. The molecule has 0 spiro atoms. The SMILES string of the molecule is CSCC(C)NC(=O)c1cccc(Cl)c1N. The summed E-state index contributed by atoms with van der Waals surface area (Å²) in [7, 11) is 0. The van der Waals surface area contributed by atoms with Crippen LogP contribution in [0.15, 0.2) is 18.2 Å². The first kappa shape index (κ1) is 13.2. The lowest BCUT2D eigenvalue weighted by molar-refractivity contribution is 0.0944. The van der Waals surface area contributed by atoms with Crippen LogP contribution in [0.1, 0.15) is 17.3 Å². The number of anilines is 1. The normalized spacial score (nSPS) is 12.2. The Balaban J connectivity index is 2.77. The van der Waals surface area contributed by atoms with Crippen molar-refractivity contribution in [2.75, 3.05) is 17.7 Å². The molecule has 1 unspecified atom stereocenters. The van der Waals surface area contributed by atoms with Crippen molar-refractivity contribution < 1.29 is 4.79 Å². The van der Waals surface area contributed by atoms with Gasteiger partial charge in [0.15, 0.2) is 0 Å². The molecule has 1 aromatic rings. The smallest absolute Gasteiger partial charge is 0.253 e. The molecular formula is C11H15ClN2OS. The third-order valence-electron chi connectivity index (χ3n) is 2.09. The van der Waals surface area contributed by atoms with Crippen molar-refractivity contribution in [3.63, 3.8) is 0 Å². The van der Waals surface area contributed by atoms with Gasteiger partial charge in [-0.25, -0.2) is 0 Å². The Hall–Kier alpha value is -0.870. The Morgan fingerprint density at radius 3 is 2.94 bits per heavy atom. The Morgan fingerprint density at radius 1 is 1.62 bits per heavy atom. The molecule has 0 aliphatic rings. The molecule has 3 N–H and O–H groups in total. The predicted octanol–water partition coefficient (Wildman–Crippen LogP) is 2.40. The average molecular weight is 259 g/mol. The Kier molecular flexibility index (Phi) is 4.96. The van der Waals surface area contributed by atoms with Crippen LogP contribution in [0.3, 0.4) is 0 Å². The Bertz CT molecular complexity index is 384. The van der Waals surface area contributed by atoms with Gasteiger partial charge < -0.3 is 11.1 Å². The Morgan fingerprint density at radius 2 is 2.31 bits per heavy atom. The van der Waals surface area contributed by atoms with Crippen LogP contribution < -0.4 is 11.1 Å². The molecule has 16 heavy (non-hydrogen) atoms. The second-order valence-electron chi connectivity index (χ2n) is 3.53. The van der Waals surface area contributed by atoms with Crippen LogP contribution in [0.4, 0.5) is 5.69 Å². The standard InChI is InChI=1S/C11H15ClN2OS/c1-7(6-16-2)14-11(15)8-4-3-5-9(12)10(8)13/h3-5,7H,6,13H2,1-2H3,(H,14,15). The highest BCUT2D eigenvalue weighted by Crippen LogP contribution is 2.22. The first-order valence-electron chi connectivity index (χ1n) is 4.90. The molecule has 0 saturated carbocycles. The molecule has 1 aromatic carbocycles. The molecule has 88 valence electrons. The van der Waals surface area contributed by atoms with Crippen LogP contribution in [0.5, 0.6) is 0 Å². The van der Waals surface area contributed by atoms with Gasteiger partial charge in [0.2, 0.25) is 0 Å². The number of hydrogen-bond acceptors (Lipinski definition) is 3. The third-order valence-corrected chi connectivity index (χ3v) is 3.25. The number of nitrogens with one attached hydrogen (secondary N) is 1. The van der Waals surface area contributed by atoms with Crippen molar-refractivity contribution in [2.24, 2.45) is 0 Å². The maximum absolute atomic E-state index is 11.8. The van der Waals surface area contributed by atoms with E-state index in [-0.39, 0.29) is 11.9 Å². The van der Waals surface area contributed by atoms with Crippen LogP contribution in [0.2, 0.25) is 5.02 Å². The highest BCUT2D eigenvalue weighted by Gasteiger charge is 2.13. The van der Waals surface area contributed by atoms with Gasteiger partial charge in [-0.15, -0.1) is 0 Å². The van der Waals surface area contributed by atoms with Crippen molar-refractivity contribution in [3.05, 3.63) is 28.8 Å². The minimum absolute atomic E-state index is 0.112.